The topological polar surface area (TPSA) is 0 Å². The monoisotopic (exact) mass is 324 g/mol. The van der Waals surface area contributed by atoms with Gasteiger partial charge in [0.25, 0.3) is 0 Å². The summed E-state index contributed by atoms with van der Waals surface area (Å²) in [5.74, 6) is -0.0269. The zero-order valence-electron chi connectivity index (χ0n) is 12.8. The molecule has 0 saturated heterocycles. The van der Waals surface area contributed by atoms with Crippen molar-refractivity contribution in [2.45, 2.75) is 18.5 Å². The van der Waals surface area contributed by atoms with Crippen LogP contribution in [0, 0.1) is 0 Å². The highest BCUT2D eigenvalue weighted by atomic mass is 19.4. The van der Waals surface area contributed by atoms with Crippen LogP contribution >= 0.6 is 0 Å². The van der Waals surface area contributed by atoms with E-state index < -0.39 is 11.7 Å². The third-order valence-electron chi connectivity index (χ3n) is 4.64. The first-order chi connectivity index (χ1) is 11.5. The number of allylic oxidation sites excluding steroid dienone is 1. The molecule has 1 unspecified atom stereocenters. The summed E-state index contributed by atoms with van der Waals surface area (Å²) in [4.78, 5) is 0. The summed E-state index contributed by atoms with van der Waals surface area (Å²) >= 11 is 0. The van der Waals surface area contributed by atoms with E-state index in [9.17, 15) is 13.2 Å². The van der Waals surface area contributed by atoms with Crippen LogP contribution < -0.4 is 0 Å². The van der Waals surface area contributed by atoms with Gasteiger partial charge in [0.2, 0.25) is 0 Å². The van der Waals surface area contributed by atoms with Gasteiger partial charge in [-0.25, -0.2) is 0 Å². The van der Waals surface area contributed by atoms with Gasteiger partial charge in [0, 0.05) is 5.92 Å². The molecule has 3 aromatic carbocycles. The molecule has 0 radical (unpaired) electrons. The summed E-state index contributed by atoms with van der Waals surface area (Å²) in [5, 5.41) is 2.37. The molecule has 3 heteroatoms. The predicted octanol–water partition coefficient (Wildman–Crippen LogP) is 6.21. The largest absolute Gasteiger partial charge is 0.416 e. The average molecular weight is 324 g/mol. The molecule has 0 fully saturated rings. The van der Waals surface area contributed by atoms with Gasteiger partial charge in [-0.2, -0.15) is 13.2 Å². The molecule has 1 atom stereocenters. The van der Waals surface area contributed by atoms with E-state index in [1.807, 2.05) is 24.3 Å². The van der Waals surface area contributed by atoms with E-state index in [4.69, 9.17) is 0 Å². The molecule has 0 amide bonds. The van der Waals surface area contributed by atoms with Crippen molar-refractivity contribution in [3.63, 3.8) is 0 Å². The first-order valence-corrected chi connectivity index (χ1v) is 7.88. The van der Waals surface area contributed by atoms with Crippen molar-refractivity contribution in [3.8, 4) is 0 Å². The van der Waals surface area contributed by atoms with Crippen LogP contribution in [0.15, 0.2) is 66.7 Å². The Morgan fingerprint density at radius 3 is 2.54 bits per heavy atom. The molecule has 0 nitrogen and oxygen atoms in total. The van der Waals surface area contributed by atoms with Crippen molar-refractivity contribution in [1.29, 1.82) is 0 Å². The number of alkyl halides is 3. The van der Waals surface area contributed by atoms with E-state index in [2.05, 4.69) is 24.3 Å². The molecular formula is C21H15F3. The summed E-state index contributed by atoms with van der Waals surface area (Å²) in [7, 11) is 0. The zero-order chi connectivity index (χ0) is 16.7. The fourth-order valence-corrected chi connectivity index (χ4v) is 3.41. The van der Waals surface area contributed by atoms with Gasteiger partial charge in [-0.15, -0.1) is 0 Å². The maximum atomic E-state index is 12.9. The minimum atomic E-state index is -4.30. The van der Waals surface area contributed by atoms with E-state index in [1.165, 1.54) is 34.0 Å². The minimum Gasteiger partial charge on any atom is -0.166 e. The summed E-state index contributed by atoms with van der Waals surface area (Å²) in [6.45, 7) is 0. The first-order valence-electron chi connectivity index (χ1n) is 7.88. The van der Waals surface area contributed by atoms with E-state index in [0.29, 0.717) is 5.56 Å². The number of rotatable bonds is 1. The van der Waals surface area contributed by atoms with Gasteiger partial charge in [-0.05, 0) is 39.9 Å². The highest BCUT2D eigenvalue weighted by Gasteiger charge is 2.31. The number of hydrogen-bond acceptors (Lipinski definition) is 0. The fraction of sp³-hybridized carbons (Fsp3) is 0.143. The van der Waals surface area contributed by atoms with Crippen LogP contribution in [0.2, 0.25) is 0 Å². The molecule has 1 aliphatic carbocycles. The molecule has 0 spiro atoms. The molecule has 0 bridgehead atoms. The number of benzene rings is 3. The Hall–Kier alpha value is -2.55. The van der Waals surface area contributed by atoms with Crippen LogP contribution in [-0.2, 0) is 12.6 Å². The standard InChI is InChI=1S/C21H15F3/c22-21(23,24)18-6-3-5-15(13-18)16-10-11-20-17(12-16)9-8-14-4-1-2-7-19(14)20/h1-11,13,16H,12H2. The van der Waals surface area contributed by atoms with Crippen LogP contribution in [-0.4, -0.2) is 0 Å². The maximum absolute atomic E-state index is 12.9. The number of hydrogen-bond donors (Lipinski definition) is 0. The Morgan fingerprint density at radius 1 is 0.875 bits per heavy atom. The SMILES string of the molecule is FC(F)(F)c1cccc(C2C=Cc3c(ccc4ccccc34)C2)c1. The van der Waals surface area contributed by atoms with Gasteiger partial charge in [0.05, 0.1) is 5.56 Å². The maximum Gasteiger partial charge on any atom is 0.416 e. The van der Waals surface area contributed by atoms with E-state index in [-0.39, 0.29) is 5.92 Å². The fourth-order valence-electron chi connectivity index (χ4n) is 3.41. The Morgan fingerprint density at radius 2 is 1.71 bits per heavy atom. The van der Waals surface area contributed by atoms with Gasteiger partial charge in [-0.3, -0.25) is 0 Å². The highest BCUT2D eigenvalue weighted by molar-refractivity contribution is 5.92. The van der Waals surface area contributed by atoms with E-state index in [1.54, 1.807) is 6.07 Å². The molecule has 0 aliphatic heterocycles. The third-order valence-corrected chi connectivity index (χ3v) is 4.64. The molecule has 0 saturated carbocycles. The van der Waals surface area contributed by atoms with Crippen LogP contribution in [0.5, 0.6) is 0 Å². The molecule has 3 aromatic rings. The van der Waals surface area contributed by atoms with Gasteiger partial charge in [-0.1, -0.05) is 66.7 Å². The second-order valence-corrected chi connectivity index (χ2v) is 6.15. The lowest BCUT2D eigenvalue weighted by atomic mass is 9.83. The molecule has 0 aromatic heterocycles. The van der Waals surface area contributed by atoms with Crippen LogP contribution in [0.1, 0.15) is 28.2 Å². The van der Waals surface area contributed by atoms with Gasteiger partial charge in [0.1, 0.15) is 0 Å². The Labute approximate surface area is 138 Å². The van der Waals surface area contributed by atoms with Crippen molar-refractivity contribution in [2.24, 2.45) is 0 Å². The van der Waals surface area contributed by atoms with Crippen LogP contribution in [0.4, 0.5) is 13.2 Å². The van der Waals surface area contributed by atoms with Crippen molar-refractivity contribution >= 4 is 16.8 Å². The summed E-state index contributed by atoms with van der Waals surface area (Å²) < 4.78 is 38.8. The smallest absolute Gasteiger partial charge is 0.166 e. The van der Waals surface area contributed by atoms with Crippen LogP contribution in [0.3, 0.4) is 0 Å². The second-order valence-electron chi connectivity index (χ2n) is 6.15. The Balaban J connectivity index is 1.73. The first kappa shape index (κ1) is 15.0. The lowest BCUT2D eigenvalue weighted by Crippen LogP contribution is -2.09. The average Bonchev–Trinajstić information content (AvgIpc) is 2.60. The second kappa shape index (κ2) is 5.52. The minimum absolute atomic E-state index is 0.0269. The van der Waals surface area contributed by atoms with Gasteiger partial charge >= 0.3 is 6.18 Å². The Bertz CT molecular complexity index is 935. The molecule has 24 heavy (non-hydrogen) atoms. The highest BCUT2D eigenvalue weighted by Crippen LogP contribution is 2.36. The van der Waals surface area contributed by atoms with Gasteiger partial charge in [0.15, 0.2) is 0 Å². The molecule has 0 N–H and O–H groups in total. The summed E-state index contributed by atoms with van der Waals surface area (Å²) in [6, 6.07) is 18.0. The zero-order valence-corrected chi connectivity index (χ0v) is 12.8. The number of halogens is 3. The molecule has 120 valence electrons. The van der Waals surface area contributed by atoms with Crippen molar-refractivity contribution in [1.82, 2.24) is 0 Å². The van der Waals surface area contributed by atoms with Crippen molar-refractivity contribution in [2.75, 3.05) is 0 Å². The normalized spacial score (nSPS) is 17.0. The van der Waals surface area contributed by atoms with Crippen LogP contribution in [0.25, 0.3) is 16.8 Å². The van der Waals surface area contributed by atoms with Crippen molar-refractivity contribution in [3.05, 3.63) is 89.0 Å². The summed E-state index contributed by atoms with van der Waals surface area (Å²) in [5.41, 5.74) is 2.48. The van der Waals surface area contributed by atoms with Gasteiger partial charge < -0.3 is 0 Å². The quantitative estimate of drug-likeness (QED) is 0.499. The number of fused-ring (bicyclic) bond motifs is 3. The molecule has 4 rings (SSSR count). The third kappa shape index (κ3) is 2.60. The molecular weight excluding hydrogens is 309 g/mol. The van der Waals surface area contributed by atoms with E-state index >= 15 is 0 Å². The lowest BCUT2D eigenvalue weighted by molar-refractivity contribution is -0.137. The Kier molecular flexibility index (Phi) is 3.45. The molecule has 1 aliphatic rings. The van der Waals surface area contributed by atoms with Crippen molar-refractivity contribution < 1.29 is 13.2 Å². The molecule has 0 heterocycles. The van der Waals surface area contributed by atoms with E-state index in [0.717, 1.165) is 12.5 Å². The lowest BCUT2D eigenvalue weighted by Gasteiger charge is -2.22. The predicted molar refractivity (Wildman–Crippen MR) is 90.9 cm³/mol. The summed E-state index contributed by atoms with van der Waals surface area (Å²) in [6.07, 6.45) is 0.483.